The molecule has 1 aliphatic rings. The Hall–Kier alpha value is -2.28. The number of hydrogen-bond donors (Lipinski definition) is 1. The highest BCUT2D eigenvalue weighted by Gasteiger charge is 2.40. The highest BCUT2D eigenvalue weighted by Crippen LogP contribution is 2.39. The molecule has 116 valence electrons. The summed E-state index contributed by atoms with van der Waals surface area (Å²) in [6, 6.07) is 9.66. The highest BCUT2D eigenvalue weighted by atomic mass is 32.2. The highest BCUT2D eigenvalue weighted by molar-refractivity contribution is 7.92. The summed E-state index contributed by atoms with van der Waals surface area (Å²) < 4.78 is 31.9. The van der Waals surface area contributed by atoms with Gasteiger partial charge in [-0.05, 0) is 23.8 Å². The number of anilines is 1. The number of hydrogen-bond acceptors (Lipinski definition) is 4. The van der Waals surface area contributed by atoms with Gasteiger partial charge in [-0.1, -0.05) is 25.1 Å². The molecule has 2 heterocycles. The predicted molar refractivity (Wildman–Crippen MR) is 79.4 cm³/mol. The van der Waals surface area contributed by atoms with E-state index >= 15 is 0 Å². The standard InChI is InChI=1S/C15H15NO5S/c1-2-10-7-8-14(21-10)22(19,20)16-9-12(15(17)18)11-5-3-4-6-13(11)16/h3-8,12H,2,9H2,1H3,(H,17,18). The van der Waals surface area contributed by atoms with Crippen molar-refractivity contribution in [2.45, 2.75) is 24.4 Å². The van der Waals surface area contributed by atoms with Gasteiger partial charge in [-0.3, -0.25) is 9.10 Å². The van der Waals surface area contributed by atoms with Gasteiger partial charge in [-0.25, -0.2) is 0 Å². The van der Waals surface area contributed by atoms with Crippen molar-refractivity contribution in [1.29, 1.82) is 0 Å². The first-order valence-electron chi connectivity index (χ1n) is 6.88. The fourth-order valence-corrected chi connectivity index (χ4v) is 4.05. The predicted octanol–water partition coefficient (Wildman–Crippen LogP) is 2.22. The Kier molecular flexibility index (Phi) is 3.44. The maximum Gasteiger partial charge on any atom is 0.312 e. The molecule has 6 nitrogen and oxygen atoms in total. The number of carboxylic acid groups (broad SMARTS) is 1. The Morgan fingerprint density at radius 2 is 2.05 bits per heavy atom. The number of carbonyl (C=O) groups is 1. The van der Waals surface area contributed by atoms with Gasteiger partial charge in [0.05, 0.1) is 12.2 Å². The molecule has 0 amide bonds. The number of benzene rings is 1. The quantitative estimate of drug-likeness (QED) is 0.933. The van der Waals surface area contributed by atoms with Crippen LogP contribution in [0.3, 0.4) is 0 Å². The lowest BCUT2D eigenvalue weighted by atomic mass is 10.0. The van der Waals surface area contributed by atoms with Crippen molar-refractivity contribution < 1.29 is 22.7 Å². The number of sulfonamides is 1. The summed E-state index contributed by atoms with van der Waals surface area (Å²) in [5, 5.41) is 9.15. The van der Waals surface area contributed by atoms with Gasteiger partial charge in [-0.15, -0.1) is 0 Å². The van der Waals surface area contributed by atoms with E-state index in [1.54, 1.807) is 30.3 Å². The molecule has 0 saturated heterocycles. The smallest absolute Gasteiger partial charge is 0.312 e. The maximum absolute atomic E-state index is 12.7. The molecule has 22 heavy (non-hydrogen) atoms. The molecule has 0 bridgehead atoms. The summed E-state index contributed by atoms with van der Waals surface area (Å²) in [6.07, 6.45) is 0.587. The van der Waals surface area contributed by atoms with Gasteiger partial charge < -0.3 is 9.52 Å². The van der Waals surface area contributed by atoms with E-state index in [-0.39, 0.29) is 11.6 Å². The molecule has 0 saturated carbocycles. The minimum Gasteiger partial charge on any atom is -0.481 e. The van der Waals surface area contributed by atoms with E-state index in [0.717, 1.165) is 4.31 Å². The number of aryl methyl sites for hydroxylation is 1. The van der Waals surface area contributed by atoms with Crippen LogP contribution in [0.4, 0.5) is 5.69 Å². The molecule has 1 aromatic carbocycles. The lowest BCUT2D eigenvalue weighted by Crippen LogP contribution is -2.31. The lowest BCUT2D eigenvalue weighted by Gasteiger charge is -2.17. The summed E-state index contributed by atoms with van der Waals surface area (Å²) in [5.74, 6) is -1.34. The van der Waals surface area contributed by atoms with Crippen molar-refractivity contribution in [3.63, 3.8) is 0 Å². The van der Waals surface area contributed by atoms with Crippen molar-refractivity contribution in [2.75, 3.05) is 10.8 Å². The molecule has 1 unspecified atom stereocenters. The fourth-order valence-electron chi connectivity index (χ4n) is 2.61. The molecular weight excluding hydrogens is 306 g/mol. The van der Waals surface area contributed by atoms with Crippen LogP contribution >= 0.6 is 0 Å². The van der Waals surface area contributed by atoms with E-state index in [0.29, 0.717) is 23.4 Å². The summed E-state index contributed by atoms with van der Waals surface area (Å²) in [7, 11) is -3.90. The molecule has 1 atom stereocenters. The van der Waals surface area contributed by atoms with E-state index in [1.165, 1.54) is 6.07 Å². The Morgan fingerprint density at radius 1 is 1.32 bits per heavy atom. The van der Waals surface area contributed by atoms with E-state index < -0.39 is 21.9 Å². The van der Waals surface area contributed by atoms with Crippen LogP contribution in [0.25, 0.3) is 0 Å². The molecule has 3 rings (SSSR count). The summed E-state index contributed by atoms with van der Waals surface area (Å²) in [6.45, 7) is 1.74. The Morgan fingerprint density at radius 3 is 2.68 bits per heavy atom. The van der Waals surface area contributed by atoms with Crippen LogP contribution in [0.5, 0.6) is 0 Å². The van der Waals surface area contributed by atoms with Gasteiger partial charge >= 0.3 is 5.97 Å². The number of furan rings is 1. The van der Waals surface area contributed by atoms with Crippen LogP contribution in [0.1, 0.15) is 24.2 Å². The average Bonchev–Trinajstić information content (AvgIpc) is 3.12. The molecule has 1 N–H and O–H groups in total. The van der Waals surface area contributed by atoms with Crippen LogP contribution in [-0.2, 0) is 21.2 Å². The molecule has 0 radical (unpaired) electrons. The zero-order chi connectivity index (χ0) is 15.9. The summed E-state index contributed by atoms with van der Waals surface area (Å²) in [5.41, 5.74) is 0.894. The topological polar surface area (TPSA) is 87.8 Å². The normalized spacial score (nSPS) is 17.5. The minimum absolute atomic E-state index is 0.126. The summed E-state index contributed by atoms with van der Waals surface area (Å²) >= 11 is 0. The monoisotopic (exact) mass is 321 g/mol. The van der Waals surface area contributed by atoms with Crippen molar-refractivity contribution >= 4 is 21.7 Å². The van der Waals surface area contributed by atoms with E-state index in [4.69, 9.17) is 4.42 Å². The minimum atomic E-state index is -3.90. The third-order valence-electron chi connectivity index (χ3n) is 3.76. The van der Waals surface area contributed by atoms with E-state index in [1.807, 2.05) is 6.92 Å². The van der Waals surface area contributed by atoms with E-state index in [2.05, 4.69) is 0 Å². The van der Waals surface area contributed by atoms with Crippen molar-refractivity contribution in [3.05, 3.63) is 47.7 Å². The van der Waals surface area contributed by atoms with Crippen LogP contribution in [-0.4, -0.2) is 26.0 Å². The zero-order valence-corrected chi connectivity index (χ0v) is 12.7. The number of carboxylic acids is 1. The third kappa shape index (κ3) is 2.18. The van der Waals surface area contributed by atoms with Gasteiger partial charge in [0.2, 0.25) is 5.09 Å². The lowest BCUT2D eigenvalue weighted by molar-refractivity contribution is -0.138. The van der Waals surface area contributed by atoms with Crippen molar-refractivity contribution in [3.8, 4) is 0 Å². The number of rotatable bonds is 4. The van der Waals surface area contributed by atoms with Crippen LogP contribution < -0.4 is 4.31 Å². The second kappa shape index (κ2) is 5.17. The fraction of sp³-hybridized carbons (Fsp3) is 0.267. The molecule has 1 aromatic heterocycles. The van der Waals surface area contributed by atoms with E-state index in [9.17, 15) is 18.3 Å². The number of aliphatic carboxylic acids is 1. The second-order valence-corrected chi connectivity index (χ2v) is 6.85. The molecule has 0 aliphatic carbocycles. The molecule has 0 spiro atoms. The van der Waals surface area contributed by atoms with Gasteiger partial charge in [0, 0.05) is 6.42 Å². The van der Waals surface area contributed by atoms with Gasteiger partial charge in [0.1, 0.15) is 11.7 Å². The van der Waals surface area contributed by atoms with Crippen LogP contribution in [0.15, 0.2) is 45.9 Å². The van der Waals surface area contributed by atoms with Crippen LogP contribution in [0, 0.1) is 0 Å². The molecule has 0 fully saturated rings. The Labute approximate surface area is 128 Å². The van der Waals surface area contributed by atoms with Gasteiger partial charge in [-0.2, -0.15) is 8.42 Å². The van der Waals surface area contributed by atoms with Gasteiger partial charge in [0.25, 0.3) is 10.0 Å². The zero-order valence-electron chi connectivity index (χ0n) is 11.9. The molecule has 2 aromatic rings. The van der Waals surface area contributed by atoms with Crippen LogP contribution in [0.2, 0.25) is 0 Å². The number of nitrogens with zero attached hydrogens (tertiary/aromatic N) is 1. The first-order chi connectivity index (χ1) is 10.4. The second-order valence-electron chi connectivity index (χ2n) is 5.06. The van der Waals surface area contributed by atoms with Crippen molar-refractivity contribution in [2.24, 2.45) is 0 Å². The summed E-state index contributed by atoms with van der Waals surface area (Å²) in [4.78, 5) is 11.4. The number of fused-ring (bicyclic) bond motifs is 1. The van der Waals surface area contributed by atoms with Crippen molar-refractivity contribution in [1.82, 2.24) is 0 Å². The molecular formula is C15H15NO5S. The average molecular weight is 321 g/mol. The Bertz CT molecular complexity index is 824. The first kappa shape index (κ1) is 14.6. The first-order valence-corrected chi connectivity index (χ1v) is 8.32. The molecule has 7 heteroatoms. The Balaban J connectivity index is 2.07. The third-order valence-corrected chi connectivity index (χ3v) is 5.41. The maximum atomic E-state index is 12.7. The SMILES string of the molecule is CCc1ccc(S(=O)(=O)N2CC(C(=O)O)c3ccccc32)o1. The number of para-hydroxylation sites is 1. The largest absolute Gasteiger partial charge is 0.481 e. The van der Waals surface area contributed by atoms with Gasteiger partial charge in [0.15, 0.2) is 0 Å². The molecule has 1 aliphatic heterocycles.